The van der Waals surface area contributed by atoms with Crippen LogP contribution >= 0.6 is 0 Å². The molecule has 4 aromatic carbocycles. The van der Waals surface area contributed by atoms with E-state index in [-0.39, 0.29) is 98.2 Å². The van der Waals surface area contributed by atoms with E-state index in [0.29, 0.717) is 49.2 Å². The van der Waals surface area contributed by atoms with E-state index in [2.05, 4.69) is 73.0 Å². The first kappa shape index (κ1) is 71.9. The first-order valence-electron chi connectivity index (χ1n) is 29.7. The first-order valence-corrected chi connectivity index (χ1v) is 29.7. The summed E-state index contributed by atoms with van der Waals surface area (Å²) in [5, 5.41) is 43.0. The SMILES string of the molecule is C/C(=C\CN(C)C=O)C(=O)O.CCC.CNC(C(=O)NC(C)C(C)(C)C)C(C)(C)c1cccc(NC(=O)OCc2ccc(OC3CC(O)CC(C(=O)O)O3)c(CNC(=O)CCNC(=O)CCCCC(=O)N3Cc4ccccc4C#Cc4ccccc43)c2)c1. The number of carbonyl (C=O) groups is 8. The molecule has 4 aromatic rings. The second-order valence-electron chi connectivity index (χ2n) is 23.3. The van der Waals surface area contributed by atoms with Crippen molar-refractivity contribution in [3.63, 3.8) is 0 Å². The van der Waals surface area contributed by atoms with Gasteiger partial charge < -0.3 is 60.6 Å². The van der Waals surface area contributed by atoms with Crippen molar-refractivity contribution in [1.29, 1.82) is 0 Å². The van der Waals surface area contributed by atoms with Gasteiger partial charge in [0.15, 0.2) is 6.10 Å². The summed E-state index contributed by atoms with van der Waals surface area (Å²) in [7, 11) is 3.32. The molecular formula is C67H89N7O14. The Bertz CT molecular complexity index is 3130. The lowest BCUT2D eigenvalue weighted by molar-refractivity contribution is -0.195. The summed E-state index contributed by atoms with van der Waals surface area (Å²) in [4.78, 5) is 101. The van der Waals surface area contributed by atoms with E-state index in [9.17, 15) is 48.6 Å². The van der Waals surface area contributed by atoms with Crippen molar-refractivity contribution in [3.05, 3.63) is 136 Å². The van der Waals surface area contributed by atoms with Gasteiger partial charge in [0.2, 0.25) is 36.3 Å². The number of fused-ring (bicyclic) bond motifs is 2. The number of nitrogens with one attached hydrogen (secondary N) is 5. The molecule has 6 rings (SSSR count). The molecule has 21 nitrogen and oxygen atoms in total. The molecule has 0 aliphatic carbocycles. The van der Waals surface area contributed by atoms with Crippen LogP contribution in [0, 0.1) is 17.3 Å². The van der Waals surface area contributed by atoms with Crippen molar-refractivity contribution >= 4 is 59.4 Å². The summed E-state index contributed by atoms with van der Waals surface area (Å²) < 4.78 is 17.3. The smallest absolute Gasteiger partial charge is 0.411 e. The standard InChI is InChI=1S/C57H70N6O11.C7H11NO3.C3H8/c1-36(56(2,3)4)61-53(68)52(58-7)57(5,6)42-18-14-19-43(30-42)62-55(71)72-35-37-23-26-46(73-51-32-44(64)31-47(74-51)54(69)70)41(29-37)33-60-49(66)27-28-59-48(65)21-12-13-22-50(67)63-34-40-17-9-8-15-38(40)24-25-39-16-10-11-20-45(39)63;1-6(7(10)11)3-4-8(2)5-9;1-3-2/h8-11,14-20,23,26,29-30,36,44,47,51-52,58,64H,12-13,21-22,27-28,31-35H2,1-7H3,(H,59,65)(H,60,66)(H,61,68)(H,62,71)(H,69,70);3,5H,4H2,1-2H3,(H,10,11);3H2,1-2H3/b;6-3+;. The van der Waals surface area contributed by atoms with E-state index in [4.69, 9.17) is 19.3 Å². The fraction of sp³-hybridized carbons (Fsp3) is 0.463. The average molecular weight is 1220 g/mol. The number of amides is 6. The van der Waals surface area contributed by atoms with Gasteiger partial charge in [0.05, 0.1) is 24.4 Å². The number of rotatable bonds is 25. The molecule has 8 N–H and O–H groups in total. The highest BCUT2D eigenvalue weighted by Crippen LogP contribution is 2.32. The number of nitrogens with zero attached hydrogens (tertiary/aromatic N) is 2. The van der Waals surface area contributed by atoms with Crippen LogP contribution in [0.2, 0.25) is 0 Å². The minimum Gasteiger partial charge on any atom is -0.479 e. The normalized spacial score (nSPS) is 15.9. The number of para-hydroxylation sites is 1. The predicted octanol–water partition coefficient (Wildman–Crippen LogP) is 8.33. The van der Waals surface area contributed by atoms with Crippen LogP contribution in [0.1, 0.15) is 147 Å². The zero-order valence-electron chi connectivity index (χ0n) is 52.6. The van der Waals surface area contributed by atoms with Crippen LogP contribution < -0.4 is 36.2 Å². The fourth-order valence-electron chi connectivity index (χ4n) is 9.01. The van der Waals surface area contributed by atoms with Crippen LogP contribution in [-0.2, 0) is 68.1 Å². The number of aliphatic hydroxyl groups excluding tert-OH is 1. The lowest BCUT2D eigenvalue weighted by Crippen LogP contribution is -2.56. The molecule has 5 unspecified atom stereocenters. The molecule has 1 saturated heterocycles. The molecule has 0 spiro atoms. The Morgan fingerprint density at radius 1 is 0.841 bits per heavy atom. The third-order valence-electron chi connectivity index (χ3n) is 14.6. The van der Waals surface area contributed by atoms with Gasteiger partial charge in [0.25, 0.3) is 0 Å². The topological polar surface area (TPSA) is 292 Å². The molecule has 1 fully saturated rings. The Morgan fingerprint density at radius 3 is 2.17 bits per heavy atom. The van der Waals surface area contributed by atoms with Crippen LogP contribution in [0.5, 0.6) is 5.75 Å². The number of ether oxygens (including phenoxy) is 3. The number of anilines is 2. The molecule has 0 radical (unpaired) electrons. The van der Waals surface area contributed by atoms with Crippen molar-refractivity contribution in [2.75, 3.05) is 37.4 Å². The molecule has 2 heterocycles. The lowest BCUT2D eigenvalue weighted by Gasteiger charge is -2.36. The minimum atomic E-state index is -1.28. The van der Waals surface area contributed by atoms with Crippen molar-refractivity contribution in [1.82, 2.24) is 26.2 Å². The van der Waals surface area contributed by atoms with Crippen LogP contribution in [-0.4, -0.2) is 126 Å². The fourth-order valence-corrected chi connectivity index (χ4v) is 9.01. The molecule has 88 heavy (non-hydrogen) atoms. The molecule has 6 amide bonds. The van der Waals surface area contributed by atoms with Gasteiger partial charge in [-0.15, -0.1) is 0 Å². The second-order valence-corrected chi connectivity index (χ2v) is 23.3. The molecule has 2 aliphatic rings. The molecule has 476 valence electrons. The number of carboxylic acids is 2. The number of carboxylic acid groups (broad SMARTS) is 2. The number of likely N-dealkylation sites (N-methyl/N-ethyl adjacent to an activating group) is 2. The molecule has 0 bridgehead atoms. The van der Waals surface area contributed by atoms with Gasteiger partial charge >= 0.3 is 18.0 Å². The minimum absolute atomic E-state index is 0.00580. The Labute approximate surface area is 517 Å². The van der Waals surface area contributed by atoms with Gasteiger partial charge in [-0.3, -0.25) is 29.3 Å². The maximum atomic E-state index is 13.6. The molecule has 0 saturated carbocycles. The highest BCUT2D eigenvalue weighted by atomic mass is 16.7. The Kier molecular flexibility index (Phi) is 28.8. The van der Waals surface area contributed by atoms with E-state index in [1.165, 1.54) is 24.3 Å². The van der Waals surface area contributed by atoms with E-state index in [1.54, 1.807) is 55.4 Å². The largest absolute Gasteiger partial charge is 0.479 e. The summed E-state index contributed by atoms with van der Waals surface area (Å²) in [5.74, 6) is 3.62. The van der Waals surface area contributed by atoms with E-state index in [0.717, 1.165) is 27.9 Å². The van der Waals surface area contributed by atoms with Gasteiger partial charge in [0, 0.05) is 98.2 Å². The quantitative estimate of drug-likeness (QED) is 0.0134. The highest BCUT2D eigenvalue weighted by Gasteiger charge is 2.38. The highest BCUT2D eigenvalue weighted by molar-refractivity contribution is 5.95. The predicted molar refractivity (Wildman–Crippen MR) is 336 cm³/mol. The van der Waals surface area contributed by atoms with Crippen LogP contribution in [0.3, 0.4) is 0 Å². The summed E-state index contributed by atoms with van der Waals surface area (Å²) in [5.41, 5.74) is 5.02. The monoisotopic (exact) mass is 1220 g/mol. The number of hydrogen-bond donors (Lipinski definition) is 8. The molecule has 21 heteroatoms. The molecule has 0 aromatic heterocycles. The third-order valence-corrected chi connectivity index (χ3v) is 14.6. The zero-order valence-corrected chi connectivity index (χ0v) is 52.6. The Balaban J connectivity index is 0.00000105. The maximum Gasteiger partial charge on any atom is 0.411 e. The van der Waals surface area contributed by atoms with Crippen LogP contribution in [0.15, 0.2) is 103 Å². The summed E-state index contributed by atoms with van der Waals surface area (Å²) in [6.07, 6.45) is 0.500. The average Bonchev–Trinajstić information content (AvgIpc) is 1.80. The number of aliphatic hydroxyl groups is 1. The van der Waals surface area contributed by atoms with Crippen molar-refractivity contribution < 1.29 is 67.9 Å². The Hall–Kier alpha value is -8.58. The van der Waals surface area contributed by atoms with E-state index in [1.807, 2.05) is 75.4 Å². The summed E-state index contributed by atoms with van der Waals surface area (Å²) >= 11 is 0. The van der Waals surface area contributed by atoms with E-state index >= 15 is 0 Å². The first-order chi connectivity index (χ1) is 41.7. The Morgan fingerprint density at radius 2 is 1.50 bits per heavy atom. The van der Waals surface area contributed by atoms with Gasteiger partial charge in [-0.25, -0.2) is 14.4 Å². The molecular weight excluding hydrogens is 1130 g/mol. The lowest BCUT2D eigenvalue weighted by atomic mass is 9.76. The second kappa shape index (κ2) is 35.3. The molecule has 5 atom stereocenters. The van der Waals surface area contributed by atoms with Crippen molar-refractivity contribution in [2.45, 2.75) is 169 Å². The van der Waals surface area contributed by atoms with Crippen LogP contribution in [0.25, 0.3) is 0 Å². The summed E-state index contributed by atoms with van der Waals surface area (Å²) in [6, 6.07) is 26.7. The van der Waals surface area contributed by atoms with E-state index < -0.39 is 48.0 Å². The number of carbonyl (C=O) groups excluding carboxylic acids is 6. The number of unbranched alkanes of at least 4 members (excludes halogenated alkanes) is 1. The molecule has 2 aliphatic heterocycles. The van der Waals surface area contributed by atoms with Gasteiger partial charge in [-0.1, -0.05) is 121 Å². The number of benzene rings is 4. The summed E-state index contributed by atoms with van der Waals surface area (Å²) in [6.45, 7) is 18.4. The van der Waals surface area contributed by atoms with Crippen LogP contribution in [0.4, 0.5) is 16.2 Å². The van der Waals surface area contributed by atoms with Crippen molar-refractivity contribution in [2.24, 2.45) is 5.41 Å². The van der Waals surface area contributed by atoms with Gasteiger partial charge in [0.1, 0.15) is 12.4 Å². The number of aliphatic carboxylic acids is 2. The van der Waals surface area contributed by atoms with Gasteiger partial charge in [-0.05, 0) is 98.3 Å². The number of hydrogen-bond acceptors (Lipinski definition) is 13. The van der Waals surface area contributed by atoms with Gasteiger partial charge in [-0.2, -0.15) is 0 Å². The maximum absolute atomic E-state index is 13.6. The zero-order chi connectivity index (χ0) is 65.1. The van der Waals surface area contributed by atoms with Crippen molar-refractivity contribution in [3.8, 4) is 17.6 Å². The third kappa shape index (κ3) is 23.3.